The minimum atomic E-state index is 0.153. The van der Waals surface area contributed by atoms with Gasteiger partial charge in [-0.25, -0.2) is 0 Å². The summed E-state index contributed by atoms with van der Waals surface area (Å²) in [6, 6.07) is 8.87. The van der Waals surface area contributed by atoms with Gasteiger partial charge in [-0.1, -0.05) is 31.2 Å². The SMILES string of the molecule is CCc1ccc(C2CNCCN2C(=O)CCC2CCC(C)O2)cc1. The van der Waals surface area contributed by atoms with E-state index < -0.39 is 0 Å². The number of amides is 1. The van der Waals surface area contributed by atoms with Gasteiger partial charge in [0, 0.05) is 26.1 Å². The summed E-state index contributed by atoms with van der Waals surface area (Å²) >= 11 is 0. The average molecular weight is 330 g/mol. The normalized spacial score (nSPS) is 27.4. The lowest BCUT2D eigenvalue weighted by Gasteiger charge is -2.37. The van der Waals surface area contributed by atoms with E-state index in [0.29, 0.717) is 12.5 Å². The van der Waals surface area contributed by atoms with Crippen molar-refractivity contribution in [3.63, 3.8) is 0 Å². The van der Waals surface area contributed by atoms with E-state index in [1.807, 2.05) is 0 Å². The number of aryl methyl sites for hydroxylation is 1. The molecule has 1 aromatic rings. The second-order valence-corrected chi connectivity index (χ2v) is 7.09. The number of hydrogen-bond acceptors (Lipinski definition) is 3. The molecule has 24 heavy (non-hydrogen) atoms. The van der Waals surface area contributed by atoms with E-state index in [2.05, 4.69) is 48.3 Å². The van der Waals surface area contributed by atoms with E-state index in [0.717, 1.165) is 45.3 Å². The van der Waals surface area contributed by atoms with Crippen LogP contribution in [0.25, 0.3) is 0 Å². The Morgan fingerprint density at radius 2 is 2.08 bits per heavy atom. The second-order valence-electron chi connectivity index (χ2n) is 7.09. The molecule has 1 aromatic carbocycles. The van der Waals surface area contributed by atoms with Crippen LogP contribution in [0.2, 0.25) is 0 Å². The lowest BCUT2D eigenvalue weighted by atomic mass is 10.00. The molecular formula is C20H30N2O2. The molecule has 132 valence electrons. The monoisotopic (exact) mass is 330 g/mol. The maximum Gasteiger partial charge on any atom is 0.223 e. The zero-order valence-corrected chi connectivity index (χ0v) is 15.0. The number of carbonyl (C=O) groups is 1. The molecule has 2 fully saturated rings. The first-order valence-electron chi connectivity index (χ1n) is 9.42. The lowest BCUT2D eigenvalue weighted by molar-refractivity contribution is -0.135. The Morgan fingerprint density at radius 3 is 2.75 bits per heavy atom. The van der Waals surface area contributed by atoms with Gasteiger partial charge in [-0.3, -0.25) is 4.79 Å². The largest absolute Gasteiger partial charge is 0.375 e. The van der Waals surface area contributed by atoms with Crippen molar-refractivity contribution in [3.05, 3.63) is 35.4 Å². The van der Waals surface area contributed by atoms with Crippen molar-refractivity contribution in [2.24, 2.45) is 0 Å². The van der Waals surface area contributed by atoms with Crippen LogP contribution in [0.15, 0.2) is 24.3 Å². The number of benzene rings is 1. The molecule has 0 aliphatic carbocycles. The Hall–Kier alpha value is -1.39. The Bertz CT molecular complexity index is 543. The number of piperazine rings is 1. The fourth-order valence-electron chi connectivity index (χ4n) is 3.80. The minimum Gasteiger partial charge on any atom is -0.375 e. The van der Waals surface area contributed by atoms with Gasteiger partial charge in [-0.2, -0.15) is 0 Å². The minimum absolute atomic E-state index is 0.153. The van der Waals surface area contributed by atoms with Gasteiger partial charge in [0.2, 0.25) is 5.91 Å². The van der Waals surface area contributed by atoms with Crippen LogP contribution in [0.1, 0.15) is 56.7 Å². The van der Waals surface area contributed by atoms with Crippen LogP contribution in [0.3, 0.4) is 0 Å². The Morgan fingerprint density at radius 1 is 1.29 bits per heavy atom. The van der Waals surface area contributed by atoms with Crippen molar-refractivity contribution in [2.45, 2.75) is 64.2 Å². The number of hydrogen-bond donors (Lipinski definition) is 1. The predicted octanol–water partition coefficient (Wildman–Crippen LogP) is 3.07. The predicted molar refractivity (Wildman–Crippen MR) is 95.9 cm³/mol. The van der Waals surface area contributed by atoms with Crippen LogP contribution in [-0.2, 0) is 16.0 Å². The van der Waals surface area contributed by atoms with Crippen LogP contribution in [0.4, 0.5) is 0 Å². The van der Waals surface area contributed by atoms with Crippen LogP contribution in [-0.4, -0.2) is 42.6 Å². The highest BCUT2D eigenvalue weighted by atomic mass is 16.5. The number of carbonyl (C=O) groups excluding carboxylic acids is 1. The molecular weight excluding hydrogens is 300 g/mol. The molecule has 3 rings (SSSR count). The highest BCUT2D eigenvalue weighted by molar-refractivity contribution is 5.77. The van der Waals surface area contributed by atoms with Crippen LogP contribution >= 0.6 is 0 Å². The van der Waals surface area contributed by atoms with Gasteiger partial charge >= 0.3 is 0 Å². The van der Waals surface area contributed by atoms with Crippen molar-refractivity contribution >= 4 is 5.91 Å². The molecule has 4 heteroatoms. The third-order valence-electron chi connectivity index (χ3n) is 5.34. The van der Waals surface area contributed by atoms with E-state index in [-0.39, 0.29) is 18.1 Å². The first-order valence-corrected chi connectivity index (χ1v) is 9.42. The van der Waals surface area contributed by atoms with E-state index in [1.54, 1.807) is 0 Å². The summed E-state index contributed by atoms with van der Waals surface area (Å²) in [5.41, 5.74) is 2.58. The van der Waals surface area contributed by atoms with E-state index in [4.69, 9.17) is 4.74 Å². The standard InChI is InChI=1S/C20H30N2O2/c1-3-16-5-7-17(8-6-16)19-14-21-12-13-22(19)20(23)11-10-18-9-4-15(2)24-18/h5-8,15,18-19,21H,3-4,9-14H2,1-2H3. The van der Waals surface area contributed by atoms with Crippen molar-refractivity contribution in [1.82, 2.24) is 10.2 Å². The van der Waals surface area contributed by atoms with Crippen LogP contribution in [0, 0.1) is 0 Å². The van der Waals surface area contributed by atoms with Crippen LogP contribution < -0.4 is 5.32 Å². The quantitative estimate of drug-likeness (QED) is 0.902. The van der Waals surface area contributed by atoms with E-state index in [9.17, 15) is 4.79 Å². The van der Waals surface area contributed by atoms with E-state index in [1.165, 1.54) is 11.1 Å². The molecule has 3 atom stereocenters. The molecule has 2 saturated heterocycles. The summed E-state index contributed by atoms with van der Waals surface area (Å²) in [5, 5.41) is 3.43. The zero-order chi connectivity index (χ0) is 16.9. The van der Waals surface area contributed by atoms with Gasteiger partial charge in [0.25, 0.3) is 0 Å². The first-order chi connectivity index (χ1) is 11.7. The van der Waals surface area contributed by atoms with Crippen molar-refractivity contribution in [2.75, 3.05) is 19.6 Å². The molecule has 2 aliphatic heterocycles. The van der Waals surface area contributed by atoms with Gasteiger partial charge < -0.3 is 15.0 Å². The molecule has 1 N–H and O–H groups in total. The van der Waals surface area contributed by atoms with Crippen molar-refractivity contribution in [3.8, 4) is 0 Å². The molecule has 2 heterocycles. The average Bonchev–Trinajstić information content (AvgIpc) is 3.05. The maximum atomic E-state index is 12.8. The molecule has 0 aromatic heterocycles. The van der Waals surface area contributed by atoms with Gasteiger partial charge in [0.15, 0.2) is 0 Å². The molecule has 0 radical (unpaired) electrons. The summed E-state index contributed by atoms with van der Waals surface area (Å²) < 4.78 is 5.85. The summed E-state index contributed by atoms with van der Waals surface area (Å²) in [5.74, 6) is 0.268. The van der Waals surface area contributed by atoms with Crippen LogP contribution in [0.5, 0.6) is 0 Å². The summed E-state index contributed by atoms with van der Waals surface area (Å²) in [6.45, 7) is 6.80. The molecule has 0 spiro atoms. The maximum absolute atomic E-state index is 12.8. The van der Waals surface area contributed by atoms with Crippen molar-refractivity contribution < 1.29 is 9.53 Å². The number of nitrogens with zero attached hydrogens (tertiary/aromatic N) is 1. The van der Waals surface area contributed by atoms with Gasteiger partial charge in [-0.05, 0) is 43.7 Å². The third-order valence-corrected chi connectivity index (χ3v) is 5.34. The summed E-state index contributed by atoms with van der Waals surface area (Å²) in [7, 11) is 0. The Labute approximate surface area is 145 Å². The number of rotatable bonds is 5. The van der Waals surface area contributed by atoms with Gasteiger partial charge in [-0.15, -0.1) is 0 Å². The van der Waals surface area contributed by atoms with Gasteiger partial charge in [0.05, 0.1) is 18.2 Å². The van der Waals surface area contributed by atoms with Crippen molar-refractivity contribution in [1.29, 1.82) is 0 Å². The number of nitrogens with one attached hydrogen (secondary N) is 1. The fraction of sp³-hybridized carbons (Fsp3) is 0.650. The molecule has 1 amide bonds. The van der Waals surface area contributed by atoms with Gasteiger partial charge in [0.1, 0.15) is 0 Å². The topological polar surface area (TPSA) is 41.6 Å². The Kier molecular flexibility index (Phi) is 5.90. The molecule has 4 nitrogen and oxygen atoms in total. The molecule has 0 saturated carbocycles. The molecule has 2 aliphatic rings. The smallest absolute Gasteiger partial charge is 0.223 e. The number of ether oxygens (including phenoxy) is 1. The summed E-state index contributed by atoms with van der Waals surface area (Å²) in [6.07, 6.45) is 5.35. The zero-order valence-electron chi connectivity index (χ0n) is 15.0. The fourth-order valence-corrected chi connectivity index (χ4v) is 3.80. The lowest BCUT2D eigenvalue weighted by Crippen LogP contribution is -2.48. The summed E-state index contributed by atoms with van der Waals surface area (Å²) in [4.78, 5) is 14.9. The highest BCUT2D eigenvalue weighted by Crippen LogP contribution is 2.26. The first kappa shape index (κ1) is 17.4. The highest BCUT2D eigenvalue weighted by Gasteiger charge is 2.29. The Balaban J connectivity index is 1.61. The second kappa shape index (κ2) is 8.13. The van der Waals surface area contributed by atoms with E-state index >= 15 is 0 Å². The molecule has 0 bridgehead atoms. The third kappa shape index (κ3) is 4.17. The molecule has 3 unspecified atom stereocenters.